The third-order valence-corrected chi connectivity index (χ3v) is 3.31. The van der Waals surface area contributed by atoms with Crippen molar-refractivity contribution in [3.63, 3.8) is 0 Å². The van der Waals surface area contributed by atoms with E-state index in [1.807, 2.05) is 13.8 Å². The highest BCUT2D eigenvalue weighted by Gasteiger charge is 2.29. The molecular weight excluding hydrogens is 190 g/mol. The summed E-state index contributed by atoms with van der Waals surface area (Å²) in [7, 11) is -3.02. The van der Waals surface area contributed by atoms with E-state index in [0.29, 0.717) is 13.1 Å². The van der Waals surface area contributed by atoms with E-state index in [-0.39, 0.29) is 12.2 Å². The van der Waals surface area contributed by atoms with Gasteiger partial charge in [-0.3, -0.25) is 0 Å². The molecule has 5 heteroatoms. The van der Waals surface area contributed by atoms with Gasteiger partial charge < -0.3 is 4.74 Å². The topological polar surface area (TPSA) is 46.6 Å². The zero-order chi connectivity index (χ0) is 10.1. The minimum Gasteiger partial charge on any atom is -0.374 e. The Morgan fingerprint density at radius 3 is 2.46 bits per heavy atom. The Kier molecular flexibility index (Phi) is 3.32. The number of sulfonamides is 1. The summed E-state index contributed by atoms with van der Waals surface area (Å²) in [6.45, 7) is 5.03. The number of rotatable bonds is 3. The average Bonchev–Trinajstić information content (AvgIpc) is 2.32. The van der Waals surface area contributed by atoms with Crippen molar-refractivity contribution in [1.29, 1.82) is 0 Å². The summed E-state index contributed by atoms with van der Waals surface area (Å²) in [5, 5.41) is 0. The van der Waals surface area contributed by atoms with E-state index in [2.05, 4.69) is 0 Å². The lowest BCUT2D eigenvalue weighted by atomic mass is 10.3. The molecule has 1 unspecified atom stereocenters. The minimum atomic E-state index is -3.02. The highest BCUT2D eigenvalue weighted by Crippen LogP contribution is 2.16. The number of hydrogen-bond donors (Lipinski definition) is 0. The molecule has 1 heterocycles. The van der Waals surface area contributed by atoms with Gasteiger partial charge in [0.1, 0.15) is 0 Å². The lowest BCUT2D eigenvalue weighted by Crippen LogP contribution is -2.29. The monoisotopic (exact) mass is 207 g/mol. The molecule has 0 bridgehead atoms. The maximum atomic E-state index is 11.1. The lowest BCUT2D eigenvalue weighted by molar-refractivity contribution is 0.0173. The van der Waals surface area contributed by atoms with Crippen LogP contribution in [0.25, 0.3) is 0 Å². The molecule has 0 aliphatic carbocycles. The molecule has 78 valence electrons. The van der Waals surface area contributed by atoms with Crippen molar-refractivity contribution in [3.05, 3.63) is 0 Å². The standard InChI is InChI=1S/C8H17NO3S/c1-7(2)12-8-4-5-9(6-8)13(3,10)11/h7-8H,4-6H2,1-3H3. The SMILES string of the molecule is CC(C)OC1CCN(S(C)(=O)=O)C1. The molecule has 13 heavy (non-hydrogen) atoms. The third kappa shape index (κ3) is 3.25. The van der Waals surface area contributed by atoms with E-state index in [9.17, 15) is 8.42 Å². The van der Waals surface area contributed by atoms with Crippen LogP contribution in [0.3, 0.4) is 0 Å². The molecule has 0 N–H and O–H groups in total. The van der Waals surface area contributed by atoms with Crippen LogP contribution in [0.1, 0.15) is 20.3 Å². The molecule has 1 fully saturated rings. The Labute approximate surface area is 79.9 Å². The first kappa shape index (κ1) is 10.9. The molecular formula is C8H17NO3S. The van der Waals surface area contributed by atoms with Crippen molar-refractivity contribution >= 4 is 10.0 Å². The number of ether oxygens (including phenoxy) is 1. The van der Waals surface area contributed by atoms with Crippen molar-refractivity contribution in [3.8, 4) is 0 Å². The van der Waals surface area contributed by atoms with E-state index < -0.39 is 10.0 Å². The highest BCUT2D eigenvalue weighted by atomic mass is 32.2. The molecule has 0 aromatic rings. The first-order valence-corrected chi connectivity index (χ1v) is 6.35. The van der Waals surface area contributed by atoms with Crippen molar-refractivity contribution in [2.45, 2.75) is 32.5 Å². The van der Waals surface area contributed by atoms with Gasteiger partial charge in [0.25, 0.3) is 0 Å². The van der Waals surface area contributed by atoms with E-state index >= 15 is 0 Å². The molecule has 1 rings (SSSR count). The second-order valence-corrected chi connectivity index (χ2v) is 5.70. The molecule has 1 saturated heterocycles. The summed E-state index contributed by atoms with van der Waals surface area (Å²) in [6.07, 6.45) is 2.30. The predicted molar refractivity (Wildman–Crippen MR) is 51.0 cm³/mol. The normalized spacial score (nSPS) is 25.7. The number of nitrogens with zero attached hydrogens (tertiary/aromatic N) is 1. The van der Waals surface area contributed by atoms with Crippen LogP contribution in [0.4, 0.5) is 0 Å². The summed E-state index contributed by atoms with van der Waals surface area (Å²) in [4.78, 5) is 0. The van der Waals surface area contributed by atoms with Gasteiger partial charge in [-0.25, -0.2) is 8.42 Å². The first-order chi connectivity index (χ1) is 5.89. The zero-order valence-corrected chi connectivity index (χ0v) is 9.17. The molecule has 1 aliphatic heterocycles. The molecule has 0 amide bonds. The lowest BCUT2D eigenvalue weighted by Gasteiger charge is -2.15. The summed E-state index contributed by atoms with van der Waals surface area (Å²) < 4.78 is 29.3. The van der Waals surface area contributed by atoms with Crippen LogP contribution in [0.2, 0.25) is 0 Å². The Hall–Kier alpha value is -0.130. The van der Waals surface area contributed by atoms with Crippen LogP contribution in [0.5, 0.6) is 0 Å². The molecule has 0 spiro atoms. The van der Waals surface area contributed by atoms with E-state index in [1.54, 1.807) is 0 Å². The van der Waals surface area contributed by atoms with Crippen molar-refractivity contribution in [1.82, 2.24) is 4.31 Å². The van der Waals surface area contributed by atoms with E-state index in [0.717, 1.165) is 6.42 Å². The first-order valence-electron chi connectivity index (χ1n) is 4.50. The maximum absolute atomic E-state index is 11.1. The van der Waals surface area contributed by atoms with E-state index in [4.69, 9.17) is 4.74 Å². The van der Waals surface area contributed by atoms with Crippen LogP contribution < -0.4 is 0 Å². The molecule has 4 nitrogen and oxygen atoms in total. The van der Waals surface area contributed by atoms with Gasteiger partial charge >= 0.3 is 0 Å². The van der Waals surface area contributed by atoms with Crippen LogP contribution in [-0.2, 0) is 14.8 Å². The number of hydrogen-bond acceptors (Lipinski definition) is 3. The van der Waals surface area contributed by atoms with Gasteiger partial charge in [-0.15, -0.1) is 0 Å². The quantitative estimate of drug-likeness (QED) is 0.675. The van der Waals surface area contributed by atoms with Crippen LogP contribution in [0, 0.1) is 0 Å². The van der Waals surface area contributed by atoms with Gasteiger partial charge in [0, 0.05) is 13.1 Å². The average molecular weight is 207 g/mol. The molecule has 0 aromatic carbocycles. The summed E-state index contributed by atoms with van der Waals surface area (Å²) in [6, 6.07) is 0. The van der Waals surface area contributed by atoms with Crippen LogP contribution in [0.15, 0.2) is 0 Å². The summed E-state index contributed by atoms with van der Waals surface area (Å²) >= 11 is 0. The molecule has 0 radical (unpaired) electrons. The fourth-order valence-electron chi connectivity index (χ4n) is 1.49. The fourth-order valence-corrected chi connectivity index (χ4v) is 2.37. The Bertz CT molecular complexity index is 261. The second kappa shape index (κ2) is 3.94. The Morgan fingerprint density at radius 1 is 1.46 bits per heavy atom. The zero-order valence-electron chi connectivity index (χ0n) is 8.36. The van der Waals surface area contributed by atoms with Crippen LogP contribution >= 0.6 is 0 Å². The van der Waals surface area contributed by atoms with Gasteiger partial charge in [0.15, 0.2) is 0 Å². The summed E-state index contributed by atoms with van der Waals surface area (Å²) in [5.74, 6) is 0. The molecule has 0 saturated carbocycles. The highest BCUT2D eigenvalue weighted by molar-refractivity contribution is 7.88. The molecule has 1 aliphatic rings. The Balaban J connectivity index is 2.46. The van der Waals surface area contributed by atoms with Gasteiger partial charge in [-0.2, -0.15) is 4.31 Å². The molecule has 0 aromatic heterocycles. The molecule has 1 atom stereocenters. The van der Waals surface area contributed by atoms with Gasteiger partial charge in [0.05, 0.1) is 18.5 Å². The Morgan fingerprint density at radius 2 is 2.08 bits per heavy atom. The van der Waals surface area contributed by atoms with E-state index in [1.165, 1.54) is 10.6 Å². The predicted octanol–water partition coefficient (Wildman–Crippen LogP) is 0.445. The van der Waals surface area contributed by atoms with Crippen molar-refractivity contribution in [2.75, 3.05) is 19.3 Å². The minimum absolute atomic E-state index is 0.0784. The second-order valence-electron chi connectivity index (χ2n) is 3.72. The van der Waals surface area contributed by atoms with Gasteiger partial charge in [-0.1, -0.05) is 0 Å². The largest absolute Gasteiger partial charge is 0.374 e. The van der Waals surface area contributed by atoms with Crippen molar-refractivity contribution in [2.24, 2.45) is 0 Å². The van der Waals surface area contributed by atoms with Crippen LogP contribution in [-0.4, -0.2) is 44.3 Å². The van der Waals surface area contributed by atoms with Crippen molar-refractivity contribution < 1.29 is 13.2 Å². The maximum Gasteiger partial charge on any atom is 0.211 e. The van der Waals surface area contributed by atoms with Gasteiger partial charge in [0.2, 0.25) is 10.0 Å². The van der Waals surface area contributed by atoms with Gasteiger partial charge in [-0.05, 0) is 20.3 Å². The fraction of sp³-hybridized carbons (Fsp3) is 1.00. The third-order valence-electron chi connectivity index (χ3n) is 2.04. The summed E-state index contributed by atoms with van der Waals surface area (Å²) in [5.41, 5.74) is 0. The smallest absolute Gasteiger partial charge is 0.211 e.